The average Bonchev–Trinajstić information content (AvgIpc) is 2.84. The summed E-state index contributed by atoms with van der Waals surface area (Å²) in [6, 6.07) is 2.53. The Bertz CT molecular complexity index is 472. The normalized spacial score (nSPS) is 20.2. The molecule has 1 unspecified atom stereocenters. The first kappa shape index (κ1) is 9.12. The van der Waals surface area contributed by atoms with Gasteiger partial charge < -0.3 is 9.88 Å². The highest BCUT2D eigenvalue weighted by atomic mass is 32.1. The molecule has 3 nitrogen and oxygen atoms in total. The lowest BCUT2D eigenvalue weighted by molar-refractivity contribution is 0.568. The lowest BCUT2D eigenvalue weighted by Gasteiger charge is -2.22. The van der Waals surface area contributed by atoms with Gasteiger partial charge in [0, 0.05) is 24.7 Å². The Kier molecular flexibility index (Phi) is 2.11. The zero-order chi connectivity index (χ0) is 10.3. The zero-order valence-corrected chi connectivity index (χ0v) is 9.42. The van der Waals surface area contributed by atoms with E-state index in [0.29, 0.717) is 6.04 Å². The van der Waals surface area contributed by atoms with Crippen LogP contribution in [0.1, 0.15) is 22.2 Å². The van der Waals surface area contributed by atoms with E-state index in [0.717, 1.165) is 18.7 Å². The van der Waals surface area contributed by atoms with E-state index in [1.807, 2.05) is 29.3 Å². The van der Waals surface area contributed by atoms with Crippen molar-refractivity contribution >= 4 is 11.3 Å². The summed E-state index contributed by atoms with van der Waals surface area (Å²) in [7, 11) is 2.01. The number of nitrogens with zero attached hydrogens (tertiary/aromatic N) is 2. The number of aryl methyl sites for hydroxylation is 1. The van der Waals surface area contributed by atoms with Crippen molar-refractivity contribution in [3.63, 3.8) is 0 Å². The molecule has 0 fully saturated rings. The number of hydrogen-bond acceptors (Lipinski definition) is 3. The SMILES string of the molecule is Cn1cnc(C2NCCc3ccsc32)c1. The van der Waals surface area contributed by atoms with Crippen LogP contribution in [0.2, 0.25) is 0 Å². The Balaban J connectivity index is 2.02. The third-order valence-electron chi connectivity index (χ3n) is 2.81. The van der Waals surface area contributed by atoms with Gasteiger partial charge >= 0.3 is 0 Å². The number of aromatic nitrogens is 2. The van der Waals surface area contributed by atoms with Crippen molar-refractivity contribution in [2.75, 3.05) is 6.54 Å². The van der Waals surface area contributed by atoms with Gasteiger partial charge in [0.05, 0.1) is 18.1 Å². The molecular weight excluding hydrogens is 206 g/mol. The van der Waals surface area contributed by atoms with Crippen LogP contribution in [-0.4, -0.2) is 16.1 Å². The maximum atomic E-state index is 4.43. The number of imidazole rings is 1. The van der Waals surface area contributed by atoms with Gasteiger partial charge in [-0.3, -0.25) is 0 Å². The Morgan fingerprint density at radius 1 is 1.60 bits per heavy atom. The number of hydrogen-bond donors (Lipinski definition) is 1. The topological polar surface area (TPSA) is 29.9 Å². The van der Waals surface area contributed by atoms with Crippen LogP contribution in [-0.2, 0) is 13.5 Å². The third kappa shape index (κ3) is 1.50. The molecule has 4 heteroatoms. The van der Waals surface area contributed by atoms with Crippen molar-refractivity contribution in [3.05, 3.63) is 40.1 Å². The van der Waals surface area contributed by atoms with Gasteiger partial charge in [-0.05, 0) is 23.4 Å². The van der Waals surface area contributed by atoms with E-state index in [-0.39, 0.29) is 0 Å². The van der Waals surface area contributed by atoms with E-state index in [4.69, 9.17) is 0 Å². The van der Waals surface area contributed by atoms with Crippen LogP contribution in [0.5, 0.6) is 0 Å². The Hall–Kier alpha value is -1.13. The van der Waals surface area contributed by atoms with Crippen LogP contribution in [0.4, 0.5) is 0 Å². The van der Waals surface area contributed by atoms with Crippen LogP contribution in [0.15, 0.2) is 24.0 Å². The molecule has 2 aromatic rings. The second kappa shape index (κ2) is 3.47. The van der Waals surface area contributed by atoms with Gasteiger partial charge in [0.25, 0.3) is 0 Å². The molecule has 0 spiro atoms. The fourth-order valence-electron chi connectivity index (χ4n) is 2.07. The monoisotopic (exact) mass is 219 g/mol. The molecular formula is C11H13N3S. The highest BCUT2D eigenvalue weighted by Crippen LogP contribution is 2.31. The maximum absolute atomic E-state index is 4.43. The van der Waals surface area contributed by atoms with Gasteiger partial charge in [0.15, 0.2) is 0 Å². The highest BCUT2D eigenvalue weighted by molar-refractivity contribution is 7.10. The molecule has 3 heterocycles. The minimum atomic E-state index is 0.301. The zero-order valence-electron chi connectivity index (χ0n) is 8.60. The molecule has 0 radical (unpaired) electrons. The van der Waals surface area contributed by atoms with E-state index >= 15 is 0 Å². The Labute approximate surface area is 92.8 Å². The minimum Gasteiger partial charge on any atom is -0.340 e. The molecule has 0 aromatic carbocycles. The average molecular weight is 219 g/mol. The predicted molar refractivity (Wildman–Crippen MR) is 61.1 cm³/mol. The summed E-state index contributed by atoms with van der Waals surface area (Å²) >= 11 is 1.83. The van der Waals surface area contributed by atoms with Gasteiger partial charge in [-0.2, -0.15) is 0 Å². The third-order valence-corrected chi connectivity index (χ3v) is 3.83. The molecule has 0 saturated carbocycles. The van der Waals surface area contributed by atoms with Gasteiger partial charge in [-0.25, -0.2) is 4.98 Å². The molecule has 78 valence electrons. The number of rotatable bonds is 1. The summed E-state index contributed by atoms with van der Waals surface area (Å²) < 4.78 is 2.00. The summed E-state index contributed by atoms with van der Waals surface area (Å²) in [5.74, 6) is 0. The second-order valence-corrected chi connectivity index (χ2v) is 4.86. The van der Waals surface area contributed by atoms with Crippen LogP contribution < -0.4 is 5.32 Å². The fourth-order valence-corrected chi connectivity index (χ4v) is 3.11. The van der Waals surface area contributed by atoms with Crippen molar-refractivity contribution in [2.45, 2.75) is 12.5 Å². The summed E-state index contributed by atoms with van der Waals surface area (Å²) in [4.78, 5) is 5.86. The smallest absolute Gasteiger partial charge is 0.0947 e. The molecule has 0 amide bonds. The van der Waals surface area contributed by atoms with Gasteiger partial charge in [0.1, 0.15) is 0 Å². The lowest BCUT2D eigenvalue weighted by Crippen LogP contribution is -2.29. The van der Waals surface area contributed by atoms with Gasteiger partial charge in [0.2, 0.25) is 0 Å². The molecule has 3 rings (SSSR count). The first-order chi connectivity index (χ1) is 7.34. The second-order valence-electron chi connectivity index (χ2n) is 3.91. The molecule has 0 bridgehead atoms. The highest BCUT2D eigenvalue weighted by Gasteiger charge is 2.23. The largest absolute Gasteiger partial charge is 0.340 e. The molecule has 1 aliphatic rings. The van der Waals surface area contributed by atoms with Crippen LogP contribution >= 0.6 is 11.3 Å². The first-order valence-electron chi connectivity index (χ1n) is 5.12. The van der Waals surface area contributed by atoms with Crippen molar-refractivity contribution < 1.29 is 0 Å². The van der Waals surface area contributed by atoms with E-state index < -0.39 is 0 Å². The predicted octanol–water partition coefficient (Wildman–Crippen LogP) is 1.72. The molecule has 15 heavy (non-hydrogen) atoms. The Morgan fingerprint density at radius 3 is 3.33 bits per heavy atom. The summed E-state index contributed by atoms with van der Waals surface area (Å²) in [6.45, 7) is 1.05. The Morgan fingerprint density at radius 2 is 2.53 bits per heavy atom. The summed E-state index contributed by atoms with van der Waals surface area (Å²) in [5, 5.41) is 5.70. The summed E-state index contributed by atoms with van der Waals surface area (Å²) in [6.07, 6.45) is 5.09. The van der Waals surface area contributed by atoms with Crippen molar-refractivity contribution in [2.24, 2.45) is 7.05 Å². The standard InChI is InChI=1S/C11H13N3S/c1-14-6-9(13-7-14)10-11-8(2-4-12-10)3-5-15-11/h3,5-7,10,12H,2,4H2,1H3. The van der Waals surface area contributed by atoms with E-state index in [2.05, 4.69) is 27.9 Å². The number of thiophene rings is 1. The van der Waals surface area contributed by atoms with Crippen molar-refractivity contribution in [1.29, 1.82) is 0 Å². The molecule has 0 saturated heterocycles. The number of fused-ring (bicyclic) bond motifs is 1. The van der Waals surface area contributed by atoms with E-state index in [1.165, 1.54) is 10.4 Å². The molecule has 1 aliphatic heterocycles. The quantitative estimate of drug-likeness (QED) is 0.791. The van der Waals surface area contributed by atoms with E-state index in [1.54, 1.807) is 0 Å². The van der Waals surface area contributed by atoms with E-state index in [9.17, 15) is 0 Å². The summed E-state index contributed by atoms with van der Waals surface area (Å²) in [5.41, 5.74) is 2.61. The molecule has 1 atom stereocenters. The van der Waals surface area contributed by atoms with Crippen LogP contribution in [0.25, 0.3) is 0 Å². The molecule has 2 aromatic heterocycles. The van der Waals surface area contributed by atoms with Crippen molar-refractivity contribution in [1.82, 2.24) is 14.9 Å². The van der Waals surface area contributed by atoms with Crippen LogP contribution in [0, 0.1) is 0 Å². The lowest BCUT2D eigenvalue weighted by atomic mass is 10.0. The van der Waals surface area contributed by atoms with Crippen molar-refractivity contribution in [3.8, 4) is 0 Å². The van der Waals surface area contributed by atoms with Gasteiger partial charge in [-0.1, -0.05) is 0 Å². The van der Waals surface area contributed by atoms with Gasteiger partial charge in [-0.15, -0.1) is 11.3 Å². The van der Waals surface area contributed by atoms with Crippen LogP contribution in [0.3, 0.4) is 0 Å². The number of nitrogens with one attached hydrogen (secondary N) is 1. The fraction of sp³-hybridized carbons (Fsp3) is 0.364. The maximum Gasteiger partial charge on any atom is 0.0947 e. The molecule has 1 N–H and O–H groups in total. The first-order valence-corrected chi connectivity index (χ1v) is 6.00. The molecule has 0 aliphatic carbocycles. The minimum absolute atomic E-state index is 0.301.